The van der Waals surface area contributed by atoms with Crippen LogP contribution in [0.15, 0.2) is 24.3 Å². The molecule has 2 aliphatic heterocycles. The van der Waals surface area contributed by atoms with Crippen LogP contribution in [0, 0.1) is 5.41 Å². The molecule has 1 aromatic rings. The summed E-state index contributed by atoms with van der Waals surface area (Å²) < 4.78 is 0. The largest absolute Gasteiger partial charge is 0.371 e. The van der Waals surface area contributed by atoms with Gasteiger partial charge in [0.1, 0.15) is 0 Å². The zero-order valence-electron chi connectivity index (χ0n) is 13.5. The molecule has 1 aromatic carbocycles. The van der Waals surface area contributed by atoms with Crippen LogP contribution >= 0.6 is 11.6 Å². The van der Waals surface area contributed by atoms with E-state index in [0.717, 1.165) is 5.02 Å². The lowest BCUT2D eigenvalue weighted by Crippen LogP contribution is -2.45. The summed E-state index contributed by atoms with van der Waals surface area (Å²) >= 11 is 5.98. The molecule has 0 unspecified atom stereocenters. The summed E-state index contributed by atoms with van der Waals surface area (Å²) in [6.45, 7) is 11.9. The first-order valence-electron chi connectivity index (χ1n) is 8.14. The molecule has 0 atom stereocenters. The second-order valence-electron chi connectivity index (χ2n) is 7.81. The van der Waals surface area contributed by atoms with Crippen LogP contribution in [0.1, 0.15) is 40.0 Å². The van der Waals surface area contributed by atoms with Gasteiger partial charge in [0.2, 0.25) is 0 Å². The molecule has 2 saturated heterocycles. The predicted molar refractivity (Wildman–Crippen MR) is 91.3 cm³/mol. The maximum absolute atomic E-state index is 5.98. The number of likely N-dealkylation sites (tertiary alicyclic amines) is 1. The van der Waals surface area contributed by atoms with E-state index in [2.05, 4.69) is 42.7 Å². The van der Waals surface area contributed by atoms with Gasteiger partial charge in [0, 0.05) is 35.9 Å². The molecule has 1 spiro atoms. The molecule has 0 amide bonds. The van der Waals surface area contributed by atoms with Crippen molar-refractivity contribution in [3.05, 3.63) is 29.3 Å². The molecular weight excluding hydrogens is 280 g/mol. The Labute approximate surface area is 134 Å². The average molecular weight is 307 g/mol. The fraction of sp³-hybridized carbons (Fsp3) is 0.667. The molecule has 0 radical (unpaired) electrons. The number of rotatable bonds is 1. The number of benzene rings is 1. The summed E-state index contributed by atoms with van der Waals surface area (Å²) in [6, 6.07) is 8.29. The summed E-state index contributed by atoms with van der Waals surface area (Å²) in [5.41, 5.74) is 2.20. The molecule has 3 rings (SSSR count). The van der Waals surface area contributed by atoms with Crippen LogP contribution in [0.4, 0.5) is 5.69 Å². The first kappa shape index (κ1) is 15.2. The van der Waals surface area contributed by atoms with Gasteiger partial charge >= 0.3 is 0 Å². The van der Waals surface area contributed by atoms with Gasteiger partial charge in [0.15, 0.2) is 0 Å². The van der Waals surface area contributed by atoms with Crippen molar-refractivity contribution in [3.63, 3.8) is 0 Å². The minimum atomic E-state index is 0.316. The van der Waals surface area contributed by atoms with Crippen molar-refractivity contribution in [2.75, 3.05) is 31.1 Å². The van der Waals surface area contributed by atoms with Gasteiger partial charge in [-0.1, -0.05) is 11.6 Å². The molecule has 2 nitrogen and oxygen atoms in total. The molecule has 0 N–H and O–H groups in total. The lowest BCUT2D eigenvalue weighted by atomic mass is 9.77. The first-order chi connectivity index (χ1) is 9.88. The molecule has 116 valence electrons. The Morgan fingerprint density at radius 2 is 1.52 bits per heavy atom. The van der Waals surface area contributed by atoms with Crippen molar-refractivity contribution in [2.24, 2.45) is 5.41 Å². The van der Waals surface area contributed by atoms with Gasteiger partial charge in [-0.05, 0) is 76.3 Å². The lowest BCUT2D eigenvalue weighted by molar-refractivity contribution is 0.135. The highest BCUT2D eigenvalue weighted by Crippen LogP contribution is 2.43. The molecule has 0 aliphatic carbocycles. The molecule has 2 aliphatic rings. The number of nitrogens with zero attached hydrogens (tertiary/aromatic N) is 2. The topological polar surface area (TPSA) is 6.48 Å². The highest BCUT2D eigenvalue weighted by Gasteiger charge is 2.43. The van der Waals surface area contributed by atoms with E-state index in [9.17, 15) is 0 Å². The molecule has 0 bridgehead atoms. The number of piperidine rings is 1. The van der Waals surface area contributed by atoms with Crippen molar-refractivity contribution >= 4 is 17.3 Å². The van der Waals surface area contributed by atoms with Crippen molar-refractivity contribution < 1.29 is 0 Å². The Balaban J connectivity index is 1.62. The van der Waals surface area contributed by atoms with Crippen LogP contribution in [-0.2, 0) is 0 Å². The van der Waals surface area contributed by atoms with Gasteiger partial charge in [0.05, 0.1) is 0 Å². The van der Waals surface area contributed by atoms with Gasteiger partial charge in [-0.25, -0.2) is 0 Å². The molecule has 0 aromatic heterocycles. The van der Waals surface area contributed by atoms with Crippen molar-refractivity contribution in [2.45, 2.75) is 45.6 Å². The smallest absolute Gasteiger partial charge is 0.0407 e. The third kappa shape index (κ3) is 3.22. The predicted octanol–water partition coefficient (Wildman–Crippen LogP) is 4.43. The first-order valence-corrected chi connectivity index (χ1v) is 8.51. The van der Waals surface area contributed by atoms with Gasteiger partial charge < -0.3 is 4.90 Å². The van der Waals surface area contributed by atoms with Crippen molar-refractivity contribution in [3.8, 4) is 0 Å². The standard InChI is InChI=1S/C18H27ClN2/c1-17(2,3)21-13-10-18(14-21)8-11-20(12-9-18)16-6-4-15(19)5-7-16/h4-7H,8-14H2,1-3H3. The Morgan fingerprint density at radius 1 is 0.952 bits per heavy atom. The van der Waals surface area contributed by atoms with E-state index in [1.807, 2.05) is 12.1 Å². The normalized spacial score (nSPS) is 23.0. The number of hydrogen-bond acceptors (Lipinski definition) is 2. The maximum Gasteiger partial charge on any atom is 0.0407 e. The van der Waals surface area contributed by atoms with Gasteiger partial charge in [-0.3, -0.25) is 4.90 Å². The summed E-state index contributed by atoms with van der Waals surface area (Å²) in [5, 5.41) is 0.823. The van der Waals surface area contributed by atoms with Crippen molar-refractivity contribution in [1.29, 1.82) is 0 Å². The van der Waals surface area contributed by atoms with E-state index in [0.29, 0.717) is 11.0 Å². The highest BCUT2D eigenvalue weighted by molar-refractivity contribution is 6.30. The molecule has 3 heteroatoms. The van der Waals surface area contributed by atoms with E-state index < -0.39 is 0 Å². The molecule has 2 fully saturated rings. The molecular formula is C18H27ClN2. The Hall–Kier alpha value is -0.730. The number of halogens is 1. The van der Waals surface area contributed by atoms with Crippen molar-refractivity contribution in [1.82, 2.24) is 4.90 Å². The zero-order valence-corrected chi connectivity index (χ0v) is 14.3. The van der Waals surface area contributed by atoms with Crippen LogP contribution in [0.2, 0.25) is 5.02 Å². The fourth-order valence-corrected chi connectivity index (χ4v) is 3.93. The third-order valence-corrected chi connectivity index (χ3v) is 5.65. The monoisotopic (exact) mass is 306 g/mol. The van der Waals surface area contributed by atoms with E-state index >= 15 is 0 Å². The average Bonchev–Trinajstić information content (AvgIpc) is 2.85. The van der Waals surface area contributed by atoms with E-state index in [1.54, 1.807) is 0 Å². The highest BCUT2D eigenvalue weighted by atomic mass is 35.5. The Kier molecular flexibility index (Phi) is 3.96. The Morgan fingerprint density at radius 3 is 2.05 bits per heavy atom. The quantitative estimate of drug-likeness (QED) is 0.757. The van der Waals surface area contributed by atoms with Crippen LogP contribution in [0.3, 0.4) is 0 Å². The SMILES string of the molecule is CC(C)(C)N1CCC2(CCN(c3ccc(Cl)cc3)CC2)C1. The lowest BCUT2D eigenvalue weighted by Gasteiger charge is -2.41. The van der Waals surface area contributed by atoms with Gasteiger partial charge in [0.25, 0.3) is 0 Å². The summed E-state index contributed by atoms with van der Waals surface area (Å²) in [4.78, 5) is 5.19. The van der Waals surface area contributed by atoms with Crippen LogP contribution in [0.5, 0.6) is 0 Å². The second kappa shape index (κ2) is 5.48. The minimum absolute atomic E-state index is 0.316. The van der Waals surface area contributed by atoms with Crippen LogP contribution < -0.4 is 4.90 Å². The molecule has 21 heavy (non-hydrogen) atoms. The third-order valence-electron chi connectivity index (χ3n) is 5.40. The Bertz CT molecular complexity index is 481. The van der Waals surface area contributed by atoms with E-state index in [1.165, 1.54) is 51.1 Å². The number of hydrogen-bond donors (Lipinski definition) is 0. The van der Waals surface area contributed by atoms with Crippen LogP contribution in [0.25, 0.3) is 0 Å². The van der Waals surface area contributed by atoms with Gasteiger partial charge in [-0.2, -0.15) is 0 Å². The zero-order chi connectivity index (χ0) is 15.1. The van der Waals surface area contributed by atoms with Crippen LogP contribution in [-0.4, -0.2) is 36.6 Å². The summed E-state index contributed by atoms with van der Waals surface area (Å²) in [7, 11) is 0. The second-order valence-corrected chi connectivity index (χ2v) is 8.24. The fourth-order valence-electron chi connectivity index (χ4n) is 3.81. The molecule has 0 saturated carbocycles. The van der Waals surface area contributed by atoms with E-state index in [4.69, 9.17) is 11.6 Å². The summed E-state index contributed by atoms with van der Waals surface area (Å²) in [5.74, 6) is 0. The van der Waals surface area contributed by atoms with E-state index in [-0.39, 0.29) is 0 Å². The minimum Gasteiger partial charge on any atom is -0.371 e. The maximum atomic E-state index is 5.98. The molecule has 2 heterocycles. The summed E-state index contributed by atoms with van der Waals surface area (Å²) in [6.07, 6.45) is 4.02. The number of anilines is 1. The van der Waals surface area contributed by atoms with Gasteiger partial charge in [-0.15, -0.1) is 0 Å².